The molecule has 2 aromatic heterocycles. The monoisotopic (exact) mass is 465 g/mol. The summed E-state index contributed by atoms with van der Waals surface area (Å²) in [4.78, 5) is 15.8. The molecule has 33 heavy (non-hydrogen) atoms. The van der Waals surface area contributed by atoms with E-state index in [1.54, 1.807) is 6.92 Å². The van der Waals surface area contributed by atoms with Crippen molar-refractivity contribution in [1.82, 2.24) is 25.1 Å². The highest BCUT2D eigenvalue weighted by atomic mass is 35.5. The average molecular weight is 466 g/mol. The molecule has 8 heteroatoms. The smallest absolute Gasteiger partial charge is 0.260 e. The number of rotatable bonds is 7. The van der Waals surface area contributed by atoms with Gasteiger partial charge in [0.1, 0.15) is 10.8 Å². The maximum Gasteiger partial charge on any atom is 0.260 e. The Morgan fingerprint density at radius 3 is 2.52 bits per heavy atom. The van der Waals surface area contributed by atoms with E-state index >= 15 is 0 Å². The van der Waals surface area contributed by atoms with E-state index in [1.165, 1.54) is 4.63 Å². The maximum absolute atomic E-state index is 12.5. The molecule has 0 saturated heterocycles. The number of nitrogens with zero attached hydrogens (tertiary/aromatic N) is 3. The van der Waals surface area contributed by atoms with E-state index in [4.69, 9.17) is 16.3 Å². The molecule has 0 aliphatic heterocycles. The summed E-state index contributed by atoms with van der Waals surface area (Å²) < 4.78 is 7.37. The van der Waals surface area contributed by atoms with E-state index in [0.29, 0.717) is 23.0 Å². The van der Waals surface area contributed by atoms with Gasteiger partial charge in [-0.1, -0.05) is 60.5 Å². The Morgan fingerprint density at radius 2 is 1.85 bits per heavy atom. The highest BCUT2D eigenvalue weighted by molar-refractivity contribution is 6.34. The topological polar surface area (TPSA) is 84.3 Å². The number of carbonyl (C=O) groups excluding carboxylic acids is 1. The summed E-state index contributed by atoms with van der Waals surface area (Å²) in [6, 6.07) is 14.0. The lowest BCUT2D eigenvalue weighted by atomic mass is 9.99. The Kier molecular flexibility index (Phi) is 6.42. The fraction of sp³-hybridized carbons (Fsp3) is 0.320. The van der Waals surface area contributed by atoms with Crippen molar-refractivity contribution in [2.45, 2.75) is 46.6 Å². The average Bonchev–Trinajstić information content (AvgIpc) is 3.32. The molecule has 2 heterocycles. The lowest BCUT2D eigenvalue weighted by Gasteiger charge is -2.18. The Bertz CT molecular complexity index is 1290. The summed E-state index contributed by atoms with van der Waals surface area (Å²) >= 11 is 6.25. The molecule has 0 fully saturated rings. The Balaban J connectivity index is 1.35. The molecule has 172 valence electrons. The van der Waals surface area contributed by atoms with Crippen LogP contribution >= 0.6 is 11.6 Å². The van der Waals surface area contributed by atoms with E-state index < -0.39 is 6.10 Å². The van der Waals surface area contributed by atoms with Gasteiger partial charge in [0.25, 0.3) is 5.91 Å². The highest BCUT2D eigenvalue weighted by Gasteiger charge is 2.17. The number of hydrogen-bond donors (Lipinski definition) is 2. The molecule has 4 aromatic rings. The van der Waals surface area contributed by atoms with E-state index in [2.05, 4.69) is 27.4 Å². The number of aromatic amines is 1. The van der Waals surface area contributed by atoms with E-state index in [1.807, 2.05) is 63.2 Å². The zero-order valence-corrected chi connectivity index (χ0v) is 20.2. The third-order valence-corrected chi connectivity index (χ3v) is 6.19. The van der Waals surface area contributed by atoms with Crippen molar-refractivity contribution >= 4 is 23.2 Å². The summed E-state index contributed by atoms with van der Waals surface area (Å²) in [6.07, 6.45) is -0.575. The molecule has 0 saturated carbocycles. The summed E-state index contributed by atoms with van der Waals surface area (Å²) in [5.74, 6) is 1.44. The quantitative estimate of drug-likeness (QED) is 0.402. The van der Waals surface area contributed by atoms with Crippen molar-refractivity contribution in [2.75, 3.05) is 6.54 Å². The minimum absolute atomic E-state index is 0.135. The van der Waals surface area contributed by atoms with Crippen LogP contribution in [-0.2, 0) is 4.79 Å². The standard InChI is InChI=1S/C25H28ClN5O2/c1-14-6-11-21(15(2)12-14)33-18(5)25(32)27-13-16(3)19-7-9-20(10-8-19)23-28-24-22(26)17(4)29-31(24)30-23/h6-12,16,18H,13H2,1-5H3,(H,27,32)(H,28,30). The van der Waals surface area contributed by atoms with Crippen LogP contribution in [0.3, 0.4) is 0 Å². The number of halogens is 1. The first-order valence-electron chi connectivity index (χ1n) is 11.0. The summed E-state index contributed by atoms with van der Waals surface area (Å²) in [7, 11) is 0. The van der Waals surface area contributed by atoms with Gasteiger partial charge in [-0.25, -0.2) is 0 Å². The van der Waals surface area contributed by atoms with Gasteiger partial charge in [0.2, 0.25) is 0 Å². The number of aryl methyl sites for hydroxylation is 3. The van der Waals surface area contributed by atoms with E-state index in [0.717, 1.165) is 33.7 Å². The van der Waals surface area contributed by atoms with Crippen LogP contribution in [0.2, 0.25) is 5.02 Å². The van der Waals surface area contributed by atoms with Crippen LogP contribution < -0.4 is 10.1 Å². The second-order valence-corrected chi connectivity index (χ2v) is 8.89. The molecular weight excluding hydrogens is 438 g/mol. The largest absolute Gasteiger partial charge is 0.481 e. The molecular formula is C25H28ClN5O2. The zero-order chi connectivity index (χ0) is 23.7. The number of amides is 1. The lowest BCUT2D eigenvalue weighted by Crippen LogP contribution is -2.38. The van der Waals surface area contributed by atoms with Gasteiger partial charge in [-0.05, 0) is 50.8 Å². The second kappa shape index (κ2) is 9.27. The van der Waals surface area contributed by atoms with Crippen molar-refractivity contribution in [3.05, 3.63) is 69.9 Å². The van der Waals surface area contributed by atoms with Gasteiger partial charge < -0.3 is 15.0 Å². The van der Waals surface area contributed by atoms with Crippen molar-refractivity contribution in [3.63, 3.8) is 0 Å². The fourth-order valence-electron chi connectivity index (χ4n) is 3.69. The minimum Gasteiger partial charge on any atom is -0.481 e. The Hall–Kier alpha value is -3.32. The van der Waals surface area contributed by atoms with E-state index in [-0.39, 0.29) is 11.8 Å². The SMILES string of the molecule is Cc1ccc(OC(C)C(=O)NCC(C)c2ccc(-c3nn4nc(C)c(Cl)c4[nH]3)cc2)c(C)c1. The predicted octanol–water partition coefficient (Wildman–Crippen LogP) is 4.99. The first-order chi connectivity index (χ1) is 15.7. The van der Waals surface area contributed by atoms with Crippen LogP contribution in [0, 0.1) is 20.8 Å². The molecule has 0 spiro atoms. The first kappa shape index (κ1) is 22.9. The maximum atomic E-state index is 12.5. The minimum atomic E-state index is -0.575. The number of carbonyl (C=O) groups is 1. The summed E-state index contributed by atoms with van der Waals surface area (Å²) in [6.45, 7) is 10.2. The third-order valence-electron chi connectivity index (χ3n) is 5.74. The molecule has 2 unspecified atom stereocenters. The van der Waals surface area contributed by atoms with Gasteiger partial charge in [0.05, 0.1) is 5.69 Å². The van der Waals surface area contributed by atoms with Crippen molar-refractivity contribution in [3.8, 4) is 17.1 Å². The number of benzene rings is 2. The van der Waals surface area contributed by atoms with Gasteiger partial charge in [-0.15, -0.1) is 9.73 Å². The fourth-order valence-corrected chi connectivity index (χ4v) is 3.86. The molecule has 7 nitrogen and oxygen atoms in total. The van der Waals surface area contributed by atoms with Gasteiger partial charge in [-0.3, -0.25) is 4.79 Å². The predicted molar refractivity (Wildman–Crippen MR) is 130 cm³/mol. The van der Waals surface area contributed by atoms with E-state index in [9.17, 15) is 4.79 Å². The van der Waals surface area contributed by atoms with Gasteiger partial charge >= 0.3 is 0 Å². The van der Waals surface area contributed by atoms with Gasteiger partial charge in [0, 0.05) is 12.1 Å². The Labute approximate surface area is 198 Å². The number of ether oxygens (including phenoxy) is 1. The van der Waals surface area contributed by atoms with Crippen LogP contribution in [0.15, 0.2) is 42.5 Å². The number of nitrogens with one attached hydrogen (secondary N) is 2. The molecule has 2 N–H and O–H groups in total. The van der Waals surface area contributed by atoms with Crippen LogP contribution in [0.5, 0.6) is 5.75 Å². The molecule has 0 aliphatic carbocycles. The van der Waals surface area contributed by atoms with Crippen LogP contribution in [-0.4, -0.2) is 38.4 Å². The van der Waals surface area contributed by atoms with Gasteiger partial charge in [-0.2, -0.15) is 5.10 Å². The van der Waals surface area contributed by atoms with Crippen molar-refractivity contribution in [2.24, 2.45) is 0 Å². The molecule has 1 amide bonds. The molecule has 0 bridgehead atoms. The van der Waals surface area contributed by atoms with Crippen molar-refractivity contribution < 1.29 is 9.53 Å². The molecule has 2 aromatic carbocycles. The zero-order valence-electron chi connectivity index (χ0n) is 19.4. The number of H-pyrrole nitrogens is 1. The van der Waals surface area contributed by atoms with Crippen molar-refractivity contribution in [1.29, 1.82) is 0 Å². The number of fused-ring (bicyclic) bond motifs is 1. The summed E-state index contributed by atoms with van der Waals surface area (Å²) in [5.41, 5.74) is 5.66. The normalized spacial score (nSPS) is 13.2. The van der Waals surface area contributed by atoms with Crippen LogP contribution in [0.4, 0.5) is 0 Å². The number of aromatic nitrogens is 4. The van der Waals surface area contributed by atoms with Crippen LogP contribution in [0.25, 0.3) is 17.0 Å². The number of hydrogen-bond acceptors (Lipinski definition) is 4. The first-order valence-corrected chi connectivity index (χ1v) is 11.3. The van der Waals surface area contributed by atoms with Crippen LogP contribution in [0.1, 0.15) is 42.1 Å². The summed E-state index contributed by atoms with van der Waals surface area (Å²) in [5, 5.41) is 12.3. The third kappa shape index (κ3) is 4.88. The molecule has 4 rings (SSSR count). The Morgan fingerprint density at radius 1 is 1.12 bits per heavy atom. The molecule has 0 aliphatic rings. The molecule has 0 radical (unpaired) electrons. The second-order valence-electron chi connectivity index (χ2n) is 8.51. The lowest BCUT2D eigenvalue weighted by molar-refractivity contribution is -0.127. The van der Waals surface area contributed by atoms with Gasteiger partial charge in [0.15, 0.2) is 17.6 Å². The highest BCUT2D eigenvalue weighted by Crippen LogP contribution is 2.25. The molecule has 2 atom stereocenters.